The lowest BCUT2D eigenvalue weighted by Crippen LogP contribution is -2.17. The standard InChI is InChI=1S/C29H26NP/c1-22-12-11-13-23(2)29(22)30-31(25-15-5-3-6-16-25,26-17-7-4-8-18-26)28-21-20-24-14-9-10-19-27(24)28/h3-19,21H,20H2,1-2H3. The lowest BCUT2D eigenvalue weighted by molar-refractivity contribution is 1.31. The minimum absolute atomic E-state index is 0.967. The zero-order chi connectivity index (χ0) is 21.3. The maximum atomic E-state index is 5.75. The number of nitrogens with zero attached hydrogens (tertiary/aromatic N) is 1. The van der Waals surface area contributed by atoms with E-state index in [2.05, 4.69) is 123 Å². The summed E-state index contributed by atoms with van der Waals surface area (Å²) < 4.78 is 5.75. The third-order valence-electron chi connectivity index (χ3n) is 6.11. The summed E-state index contributed by atoms with van der Waals surface area (Å²) in [5, 5.41) is 3.97. The summed E-state index contributed by atoms with van der Waals surface area (Å²) in [5.41, 5.74) is 6.31. The van der Waals surface area contributed by atoms with Crippen molar-refractivity contribution in [1.82, 2.24) is 0 Å². The van der Waals surface area contributed by atoms with Gasteiger partial charge in [-0.25, -0.2) is 0 Å². The average Bonchev–Trinajstić information content (AvgIpc) is 3.25. The number of rotatable bonds is 4. The Bertz CT molecular complexity index is 1250. The van der Waals surface area contributed by atoms with Gasteiger partial charge in [0.2, 0.25) is 0 Å². The molecular weight excluding hydrogens is 393 g/mol. The van der Waals surface area contributed by atoms with E-state index >= 15 is 0 Å². The minimum Gasteiger partial charge on any atom is -0.253 e. The van der Waals surface area contributed by atoms with Crippen LogP contribution in [0.2, 0.25) is 0 Å². The number of hydrogen-bond acceptors (Lipinski definition) is 1. The lowest BCUT2D eigenvalue weighted by atomic mass is 10.1. The largest absolute Gasteiger partial charge is 0.253 e. The molecule has 0 spiro atoms. The zero-order valence-electron chi connectivity index (χ0n) is 18.0. The Morgan fingerprint density at radius 2 is 1.16 bits per heavy atom. The molecular formula is C29H26NP. The van der Waals surface area contributed by atoms with Crippen molar-refractivity contribution < 1.29 is 0 Å². The van der Waals surface area contributed by atoms with Crippen LogP contribution < -0.4 is 10.6 Å². The van der Waals surface area contributed by atoms with E-state index in [4.69, 9.17) is 4.74 Å². The first-order valence-corrected chi connectivity index (χ1v) is 12.5. The highest BCUT2D eigenvalue weighted by Crippen LogP contribution is 2.63. The van der Waals surface area contributed by atoms with Gasteiger partial charge in [0.25, 0.3) is 0 Å². The minimum atomic E-state index is -2.27. The highest BCUT2D eigenvalue weighted by Gasteiger charge is 2.33. The molecule has 0 bridgehead atoms. The molecule has 1 aliphatic rings. The zero-order valence-corrected chi connectivity index (χ0v) is 18.9. The highest BCUT2D eigenvalue weighted by molar-refractivity contribution is 7.89. The summed E-state index contributed by atoms with van der Waals surface area (Å²) in [6.45, 7) is 4.35. The van der Waals surface area contributed by atoms with E-state index in [9.17, 15) is 0 Å². The molecule has 5 rings (SSSR count). The lowest BCUT2D eigenvalue weighted by Gasteiger charge is -2.29. The number of fused-ring (bicyclic) bond motifs is 1. The van der Waals surface area contributed by atoms with Crippen molar-refractivity contribution >= 4 is 28.7 Å². The number of aryl methyl sites for hydroxylation is 2. The van der Waals surface area contributed by atoms with Crippen LogP contribution in [-0.4, -0.2) is 0 Å². The van der Waals surface area contributed by atoms with E-state index in [0.29, 0.717) is 0 Å². The summed E-state index contributed by atoms with van der Waals surface area (Å²) in [7, 11) is -2.27. The Hall–Kier alpha value is -3.15. The summed E-state index contributed by atoms with van der Waals surface area (Å²) in [6.07, 6.45) is 3.39. The predicted octanol–water partition coefficient (Wildman–Crippen LogP) is 7.38. The van der Waals surface area contributed by atoms with Crippen molar-refractivity contribution in [3.8, 4) is 0 Å². The maximum absolute atomic E-state index is 5.75. The third kappa shape index (κ3) is 3.40. The molecule has 2 heteroatoms. The molecule has 0 aromatic heterocycles. The third-order valence-corrected chi connectivity index (χ3v) is 9.82. The number of benzene rings is 4. The second-order valence-corrected chi connectivity index (χ2v) is 11.1. The highest BCUT2D eigenvalue weighted by atomic mass is 31.2. The molecule has 1 aliphatic carbocycles. The second-order valence-electron chi connectivity index (χ2n) is 8.10. The molecule has 0 unspecified atom stereocenters. The molecule has 4 aromatic rings. The molecule has 0 saturated heterocycles. The molecule has 0 radical (unpaired) electrons. The Labute approximate surface area is 185 Å². The van der Waals surface area contributed by atoms with E-state index in [1.54, 1.807) is 0 Å². The Morgan fingerprint density at radius 3 is 1.77 bits per heavy atom. The van der Waals surface area contributed by atoms with Gasteiger partial charge in [-0.2, -0.15) is 0 Å². The first-order chi connectivity index (χ1) is 15.2. The molecule has 0 fully saturated rings. The summed E-state index contributed by atoms with van der Waals surface area (Å²) in [5.74, 6) is 0. The summed E-state index contributed by atoms with van der Waals surface area (Å²) in [4.78, 5) is 0. The molecule has 4 aromatic carbocycles. The van der Waals surface area contributed by atoms with Gasteiger partial charge < -0.3 is 0 Å². The van der Waals surface area contributed by atoms with E-state index in [1.165, 1.54) is 38.2 Å². The molecule has 0 atom stereocenters. The first kappa shape index (κ1) is 19.8. The van der Waals surface area contributed by atoms with Crippen LogP contribution in [0.15, 0.2) is 114 Å². The van der Waals surface area contributed by atoms with E-state index in [1.807, 2.05) is 0 Å². The monoisotopic (exact) mass is 419 g/mol. The molecule has 1 nitrogen and oxygen atoms in total. The van der Waals surface area contributed by atoms with Gasteiger partial charge in [-0.1, -0.05) is 109 Å². The van der Waals surface area contributed by atoms with Crippen molar-refractivity contribution in [3.05, 3.63) is 131 Å². The topological polar surface area (TPSA) is 12.4 Å². The fraction of sp³-hybridized carbons (Fsp3) is 0.103. The molecule has 0 saturated carbocycles. The Balaban J connectivity index is 1.94. The molecule has 31 heavy (non-hydrogen) atoms. The van der Waals surface area contributed by atoms with Crippen molar-refractivity contribution in [2.24, 2.45) is 4.74 Å². The molecule has 0 aliphatic heterocycles. The van der Waals surface area contributed by atoms with Crippen molar-refractivity contribution in [2.75, 3.05) is 0 Å². The average molecular weight is 420 g/mol. The Kier molecular flexibility index (Phi) is 5.22. The van der Waals surface area contributed by atoms with Gasteiger partial charge in [0.1, 0.15) is 0 Å². The van der Waals surface area contributed by atoms with Crippen LogP contribution in [-0.2, 0) is 6.42 Å². The van der Waals surface area contributed by atoms with Gasteiger partial charge in [-0.3, -0.25) is 4.74 Å². The van der Waals surface area contributed by atoms with Gasteiger partial charge in [0.15, 0.2) is 0 Å². The van der Waals surface area contributed by atoms with Gasteiger partial charge in [0.05, 0.1) is 12.7 Å². The van der Waals surface area contributed by atoms with Crippen LogP contribution in [0.25, 0.3) is 5.31 Å². The van der Waals surface area contributed by atoms with Crippen LogP contribution in [0.1, 0.15) is 22.3 Å². The molecule has 152 valence electrons. The smallest absolute Gasteiger partial charge is 0.0683 e. The van der Waals surface area contributed by atoms with Crippen LogP contribution in [0, 0.1) is 13.8 Å². The number of hydrogen-bond donors (Lipinski definition) is 0. The Morgan fingerprint density at radius 1 is 0.613 bits per heavy atom. The quantitative estimate of drug-likeness (QED) is 0.306. The van der Waals surface area contributed by atoms with Crippen LogP contribution in [0.3, 0.4) is 0 Å². The van der Waals surface area contributed by atoms with Crippen molar-refractivity contribution in [2.45, 2.75) is 20.3 Å². The van der Waals surface area contributed by atoms with Gasteiger partial charge in [0, 0.05) is 15.9 Å². The predicted molar refractivity (Wildman–Crippen MR) is 135 cm³/mol. The van der Waals surface area contributed by atoms with Crippen LogP contribution in [0.5, 0.6) is 0 Å². The van der Waals surface area contributed by atoms with Crippen LogP contribution >= 0.6 is 7.05 Å². The van der Waals surface area contributed by atoms with Gasteiger partial charge >= 0.3 is 0 Å². The fourth-order valence-corrected chi connectivity index (χ4v) is 8.51. The molecule has 0 amide bonds. The van der Waals surface area contributed by atoms with E-state index in [0.717, 1.165) is 12.1 Å². The normalized spacial score (nSPS) is 12.9. The first-order valence-electron chi connectivity index (χ1n) is 10.8. The SMILES string of the molecule is Cc1cccc(C)c1N=P(C1=CCc2ccccc21)(c1ccccc1)c1ccccc1. The maximum Gasteiger partial charge on any atom is 0.0683 e. The second kappa shape index (κ2) is 8.17. The molecule has 0 heterocycles. The summed E-state index contributed by atoms with van der Waals surface area (Å²) in [6, 6.07) is 37.1. The van der Waals surface area contributed by atoms with E-state index < -0.39 is 7.05 Å². The number of allylic oxidation sites excluding steroid dienone is 1. The summed E-state index contributed by atoms with van der Waals surface area (Å²) >= 11 is 0. The fourth-order valence-electron chi connectivity index (χ4n) is 4.57. The van der Waals surface area contributed by atoms with E-state index in [-0.39, 0.29) is 0 Å². The van der Waals surface area contributed by atoms with Crippen molar-refractivity contribution in [3.63, 3.8) is 0 Å². The molecule has 0 N–H and O–H groups in total. The van der Waals surface area contributed by atoms with Crippen molar-refractivity contribution in [1.29, 1.82) is 0 Å². The van der Waals surface area contributed by atoms with Gasteiger partial charge in [-0.15, -0.1) is 0 Å². The van der Waals surface area contributed by atoms with Crippen LogP contribution in [0.4, 0.5) is 5.69 Å². The van der Waals surface area contributed by atoms with Gasteiger partial charge in [-0.05, 0) is 42.5 Å².